The van der Waals surface area contributed by atoms with E-state index in [-0.39, 0.29) is 25.5 Å². The van der Waals surface area contributed by atoms with Gasteiger partial charge in [0, 0.05) is 24.7 Å². The Kier molecular flexibility index (Phi) is 3.92. The van der Waals surface area contributed by atoms with Crippen molar-refractivity contribution < 1.29 is 23.2 Å². The predicted octanol–water partition coefficient (Wildman–Crippen LogP) is -0.447. The lowest BCUT2D eigenvalue weighted by Gasteiger charge is -2.27. The number of anilines is 1. The minimum absolute atomic E-state index is 0.0530. The number of amides is 2. The second kappa shape index (κ2) is 5.29. The number of nitrogens with one attached hydrogen (secondary N) is 1. The lowest BCUT2D eigenvalue weighted by Crippen LogP contribution is -2.50. The Morgan fingerprint density at radius 2 is 2.18 bits per heavy atom. The quantitative estimate of drug-likeness (QED) is 0.494. The molecule has 122 valence electrons. The van der Waals surface area contributed by atoms with E-state index in [1.165, 1.54) is 28.1 Å². The number of nitrogens with two attached hydrogens (primary N) is 1. The molecule has 0 fully saturated rings. The molecule has 1 aromatic rings. The van der Waals surface area contributed by atoms with E-state index < -0.39 is 20.5 Å². The van der Waals surface area contributed by atoms with Gasteiger partial charge in [-0.1, -0.05) is 0 Å². The molecule has 22 heavy (non-hydrogen) atoms. The number of hydrogen-bond donors (Lipinski definition) is 3. The van der Waals surface area contributed by atoms with Crippen molar-refractivity contribution >= 4 is 27.5 Å². The normalized spacial score (nSPS) is 17.2. The minimum atomic E-state index is -3.78. The van der Waals surface area contributed by atoms with Gasteiger partial charge >= 0.3 is 6.03 Å². The van der Waals surface area contributed by atoms with Crippen LogP contribution in [0.2, 0.25) is 0 Å². The Morgan fingerprint density at radius 3 is 2.68 bits per heavy atom. The summed E-state index contributed by atoms with van der Waals surface area (Å²) >= 11 is 0. The number of nitrogens with zero attached hydrogens (tertiary/aromatic N) is 2. The first-order valence-corrected chi connectivity index (χ1v) is 8.39. The van der Waals surface area contributed by atoms with Crippen molar-refractivity contribution in [1.29, 1.82) is 0 Å². The maximum Gasteiger partial charge on any atom is 0.328 e. The van der Waals surface area contributed by atoms with Crippen molar-refractivity contribution in [2.45, 2.75) is 24.6 Å². The third-order valence-electron chi connectivity index (χ3n) is 4.01. The van der Waals surface area contributed by atoms with Crippen LogP contribution in [0.5, 0.6) is 0 Å². The van der Waals surface area contributed by atoms with Crippen LogP contribution in [-0.4, -0.2) is 52.6 Å². The van der Waals surface area contributed by atoms with E-state index in [4.69, 9.17) is 10.9 Å². The SMILES string of the molecule is C[C@@](CCN1Cc2cc(N)cn2C1=O)(C(=O)NO)S(C)(=O)=O. The van der Waals surface area contributed by atoms with Crippen LogP contribution in [0.25, 0.3) is 0 Å². The standard InChI is InChI=1S/C12H18N4O5S/c1-12(10(17)14-19,22(2,20)21)3-4-15-7-9-5-8(13)6-16(9)11(15)18/h5-6,19H,3-4,7,13H2,1-2H3,(H,14,17)/t12-/m1/s1. The smallest absolute Gasteiger partial charge is 0.328 e. The molecule has 0 aliphatic carbocycles. The Labute approximate surface area is 127 Å². The third kappa shape index (κ3) is 2.55. The number of rotatable bonds is 5. The molecule has 0 bridgehead atoms. The summed E-state index contributed by atoms with van der Waals surface area (Å²) in [5.41, 5.74) is 8.16. The zero-order valence-electron chi connectivity index (χ0n) is 12.2. The summed E-state index contributed by atoms with van der Waals surface area (Å²) in [6.45, 7) is 1.56. The van der Waals surface area contributed by atoms with Crippen LogP contribution >= 0.6 is 0 Å². The van der Waals surface area contributed by atoms with Crippen molar-refractivity contribution in [3.05, 3.63) is 18.0 Å². The molecule has 0 unspecified atom stereocenters. The van der Waals surface area contributed by atoms with Gasteiger partial charge in [-0.05, 0) is 19.4 Å². The molecule has 0 aromatic carbocycles. The first kappa shape index (κ1) is 16.3. The number of carbonyl (C=O) groups is 2. The van der Waals surface area contributed by atoms with E-state index in [0.29, 0.717) is 11.4 Å². The number of aromatic nitrogens is 1. The number of hydrogen-bond acceptors (Lipinski definition) is 6. The number of nitrogen functional groups attached to an aromatic ring is 1. The van der Waals surface area contributed by atoms with E-state index in [1.807, 2.05) is 0 Å². The number of sulfone groups is 1. The molecule has 2 amide bonds. The van der Waals surface area contributed by atoms with Crippen molar-refractivity contribution in [3.8, 4) is 0 Å². The highest BCUT2D eigenvalue weighted by molar-refractivity contribution is 7.92. The highest BCUT2D eigenvalue weighted by Gasteiger charge is 2.44. The second-order valence-corrected chi connectivity index (χ2v) is 7.98. The summed E-state index contributed by atoms with van der Waals surface area (Å²) in [4.78, 5) is 25.3. The molecule has 10 heteroatoms. The molecule has 0 spiro atoms. The summed E-state index contributed by atoms with van der Waals surface area (Å²) in [5, 5.41) is 8.75. The maximum absolute atomic E-state index is 12.1. The molecule has 0 saturated heterocycles. The first-order valence-electron chi connectivity index (χ1n) is 6.50. The Bertz CT molecular complexity index is 726. The number of hydroxylamine groups is 1. The van der Waals surface area contributed by atoms with Gasteiger partial charge in [0.2, 0.25) is 0 Å². The fraction of sp³-hybridized carbons (Fsp3) is 0.500. The molecule has 0 radical (unpaired) electrons. The van der Waals surface area contributed by atoms with Gasteiger partial charge in [-0.2, -0.15) is 0 Å². The average Bonchev–Trinajstić information content (AvgIpc) is 2.92. The van der Waals surface area contributed by atoms with Crippen LogP contribution in [-0.2, 0) is 21.2 Å². The molecule has 1 aliphatic heterocycles. The van der Waals surface area contributed by atoms with Gasteiger partial charge in [-0.25, -0.2) is 18.7 Å². The molecular weight excluding hydrogens is 312 g/mol. The van der Waals surface area contributed by atoms with Crippen LogP contribution in [0.15, 0.2) is 12.3 Å². The van der Waals surface area contributed by atoms with Gasteiger partial charge in [0.25, 0.3) is 5.91 Å². The molecule has 4 N–H and O–H groups in total. The van der Waals surface area contributed by atoms with Crippen molar-refractivity contribution in [1.82, 2.24) is 14.9 Å². The zero-order valence-corrected chi connectivity index (χ0v) is 13.1. The molecule has 9 nitrogen and oxygen atoms in total. The first-order chi connectivity index (χ1) is 10.1. The van der Waals surface area contributed by atoms with Gasteiger partial charge in [0.15, 0.2) is 14.6 Å². The van der Waals surface area contributed by atoms with E-state index >= 15 is 0 Å². The average molecular weight is 330 g/mol. The minimum Gasteiger partial charge on any atom is -0.397 e. The van der Waals surface area contributed by atoms with E-state index in [9.17, 15) is 18.0 Å². The molecule has 1 atom stereocenters. The maximum atomic E-state index is 12.1. The monoisotopic (exact) mass is 330 g/mol. The number of carbonyl (C=O) groups excluding carboxylic acids is 2. The third-order valence-corrected chi connectivity index (χ3v) is 6.04. The van der Waals surface area contributed by atoms with Gasteiger partial charge in [0.1, 0.15) is 0 Å². The van der Waals surface area contributed by atoms with E-state index in [1.54, 1.807) is 6.07 Å². The Morgan fingerprint density at radius 1 is 1.55 bits per heavy atom. The van der Waals surface area contributed by atoms with Gasteiger partial charge in [-0.3, -0.25) is 14.6 Å². The van der Waals surface area contributed by atoms with Crippen molar-refractivity contribution in [2.24, 2.45) is 0 Å². The van der Waals surface area contributed by atoms with Crippen LogP contribution in [0.3, 0.4) is 0 Å². The van der Waals surface area contributed by atoms with Crippen LogP contribution in [0.4, 0.5) is 10.5 Å². The van der Waals surface area contributed by atoms with Gasteiger partial charge in [0.05, 0.1) is 12.2 Å². The second-order valence-electron chi connectivity index (χ2n) is 5.53. The van der Waals surface area contributed by atoms with Crippen LogP contribution in [0, 0.1) is 0 Å². The summed E-state index contributed by atoms with van der Waals surface area (Å²) in [5.74, 6) is -1.02. The van der Waals surface area contributed by atoms with Gasteiger partial charge in [-0.15, -0.1) is 0 Å². The molecule has 0 saturated carbocycles. The highest BCUT2D eigenvalue weighted by Crippen LogP contribution is 2.25. The Balaban J connectivity index is 2.14. The summed E-state index contributed by atoms with van der Waals surface area (Å²) in [7, 11) is -3.78. The highest BCUT2D eigenvalue weighted by atomic mass is 32.2. The largest absolute Gasteiger partial charge is 0.397 e. The van der Waals surface area contributed by atoms with E-state index in [0.717, 1.165) is 6.26 Å². The van der Waals surface area contributed by atoms with Gasteiger partial charge < -0.3 is 10.6 Å². The fourth-order valence-electron chi connectivity index (χ4n) is 2.36. The van der Waals surface area contributed by atoms with Crippen molar-refractivity contribution in [3.63, 3.8) is 0 Å². The van der Waals surface area contributed by atoms with Crippen molar-refractivity contribution in [2.75, 3.05) is 18.5 Å². The lowest BCUT2D eigenvalue weighted by molar-refractivity contribution is -0.131. The Hall–Kier alpha value is -2.07. The molecule has 2 rings (SSSR count). The zero-order chi connectivity index (χ0) is 16.7. The molecule has 1 aliphatic rings. The van der Waals surface area contributed by atoms with Crippen LogP contribution in [0.1, 0.15) is 19.0 Å². The predicted molar refractivity (Wildman–Crippen MR) is 77.8 cm³/mol. The lowest BCUT2D eigenvalue weighted by atomic mass is 10.1. The van der Waals surface area contributed by atoms with Crippen LogP contribution < -0.4 is 11.2 Å². The molecule has 2 heterocycles. The molecular formula is C12H18N4O5S. The van der Waals surface area contributed by atoms with E-state index in [2.05, 4.69) is 0 Å². The number of fused-ring (bicyclic) bond motifs is 1. The summed E-state index contributed by atoms with van der Waals surface area (Å²) in [6.07, 6.45) is 2.27. The summed E-state index contributed by atoms with van der Waals surface area (Å²) in [6, 6.07) is 1.33. The molecule has 1 aromatic heterocycles. The summed E-state index contributed by atoms with van der Waals surface area (Å²) < 4.78 is 23.3. The fourth-order valence-corrected chi connectivity index (χ4v) is 3.20. The topological polar surface area (TPSA) is 135 Å².